The summed E-state index contributed by atoms with van der Waals surface area (Å²) in [6.07, 6.45) is 3.31. The number of Topliss-reactive ketones (excluding diaryl/α,β-unsaturated/α-hetero) is 1. The number of thiophene rings is 1. The maximum absolute atomic E-state index is 14.1. The van der Waals surface area contributed by atoms with Gasteiger partial charge in [0.1, 0.15) is 10.5 Å². The molecule has 0 saturated heterocycles. The highest BCUT2D eigenvalue weighted by molar-refractivity contribution is 7.11. The van der Waals surface area contributed by atoms with Crippen LogP contribution in [0.5, 0.6) is 0 Å². The molecule has 0 atom stereocenters. The highest BCUT2D eigenvalue weighted by atomic mass is 32.1. The molecule has 0 N–H and O–H groups in total. The fourth-order valence-corrected chi connectivity index (χ4v) is 4.19. The number of thiazole rings is 1. The predicted octanol–water partition coefficient (Wildman–Crippen LogP) is 3.38. The third-order valence-electron chi connectivity index (χ3n) is 4.03. The molecule has 0 fully saturated rings. The Morgan fingerprint density at radius 2 is 1.93 bits per heavy atom. The molecule has 1 aromatic carbocycles. The van der Waals surface area contributed by atoms with Crippen LogP contribution in [-0.4, -0.2) is 10.4 Å². The van der Waals surface area contributed by atoms with E-state index in [1.54, 1.807) is 18.2 Å². The number of benzene rings is 1. The number of ketones is 1. The van der Waals surface area contributed by atoms with Gasteiger partial charge in [-0.15, -0.1) is 22.7 Å². The molecule has 3 aromatic rings. The van der Waals surface area contributed by atoms with Crippen molar-refractivity contribution in [2.45, 2.75) is 27.3 Å². The minimum absolute atomic E-state index is 0.0753. The van der Waals surface area contributed by atoms with Gasteiger partial charge in [-0.1, -0.05) is 45.0 Å². The fraction of sp³-hybridized carbons (Fsp3) is 0.238. The number of aromatic nitrogens is 1. The molecule has 0 unspecified atom stereocenters. The summed E-state index contributed by atoms with van der Waals surface area (Å²) in [5, 5.41) is 1.94. The van der Waals surface area contributed by atoms with Gasteiger partial charge in [0.05, 0.1) is 11.1 Å². The zero-order chi connectivity index (χ0) is 19.6. The Bertz CT molecular complexity index is 1130. The molecule has 2 heterocycles. The van der Waals surface area contributed by atoms with Crippen LogP contribution in [0, 0.1) is 11.2 Å². The van der Waals surface area contributed by atoms with E-state index in [-0.39, 0.29) is 23.7 Å². The van der Waals surface area contributed by atoms with Gasteiger partial charge in [-0.05, 0) is 23.6 Å². The minimum Gasteiger partial charge on any atom is -0.294 e. The van der Waals surface area contributed by atoms with Gasteiger partial charge in [0.2, 0.25) is 0 Å². The summed E-state index contributed by atoms with van der Waals surface area (Å²) in [5.41, 5.74) is -0.358. The van der Waals surface area contributed by atoms with E-state index < -0.39 is 5.41 Å². The van der Waals surface area contributed by atoms with E-state index in [1.165, 1.54) is 39.4 Å². The van der Waals surface area contributed by atoms with Crippen molar-refractivity contribution in [2.75, 3.05) is 0 Å². The summed E-state index contributed by atoms with van der Waals surface area (Å²) < 4.78 is 16.6. The Hall–Kier alpha value is -2.31. The number of nitrogens with zero attached hydrogens (tertiary/aromatic N) is 1. The lowest BCUT2D eigenvalue weighted by molar-refractivity contribution is -0.120. The molecule has 0 spiro atoms. The van der Waals surface area contributed by atoms with Gasteiger partial charge in [-0.3, -0.25) is 14.2 Å². The molecular formula is C21H20FNO2S2. The van der Waals surface area contributed by atoms with Crippen molar-refractivity contribution in [3.8, 4) is 0 Å². The van der Waals surface area contributed by atoms with Crippen LogP contribution in [0.15, 0.2) is 46.6 Å². The van der Waals surface area contributed by atoms with Crippen LogP contribution >= 0.6 is 22.7 Å². The SMILES string of the molecule is CC(C)(C)C(=O)C=c1sc(=Cc2cccs2)c(=O)n1Cc1ccccc1F. The van der Waals surface area contributed by atoms with E-state index in [1.807, 2.05) is 44.4 Å². The number of halogens is 1. The lowest BCUT2D eigenvalue weighted by Crippen LogP contribution is -2.33. The van der Waals surface area contributed by atoms with Gasteiger partial charge in [0.25, 0.3) is 5.56 Å². The second-order valence-corrected chi connectivity index (χ2v) is 9.25. The molecule has 0 aliphatic rings. The van der Waals surface area contributed by atoms with Gasteiger partial charge in [0.15, 0.2) is 5.78 Å². The van der Waals surface area contributed by atoms with E-state index in [0.717, 1.165) is 4.88 Å². The van der Waals surface area contributed by atoms with Crippen LogP contribution in [0.4, 0.5) is 4.39 Å². The first-order valence-electron chi connectivity index (χ1n) is 8.50. The van der Waals surface area contributed by atoms with E-state index in [2.05, 4.69) is 0 Å². The van der Waals surface area contributed by atoms with Crippen molar-refractivity contribution < 1.29 is 9.18 Å². The molecule has 0 aliphatic carbocycles. The Morgan fingerprint density at radius 1 is 1.19 bits per heavy atom. The molecule has 0 amide bonds. The summed E-state index contributed by atoms with van der Waals surface area (Å²) in [6, 6.07) is 10.2. The quantitative estimate of drug-likeness (QED) is 0.672. The number of hydrogen-bond donors (Lipinski definition) is 0. The van der Waals surface area contributed by atoms with E-state index in [4.69, 9.17) is 0 Å². The van der Waals surface area contributed by atoms with Crippen molar-refractivity contribution >= 4 is 40.6 Å². The van der Waals surface area contributed by atoms with Crippen molar-refractivity contribution in [1.29, 1.82) is 0 Å². The molecule has 3 nitrogen and oxygen atoms in total. The molecule has 0 bridgehead atoms. The number of carbonyl (C=O) groups excluding carboxylic acids is 1. The van der Waals surface area contributed by atoms with Crippen molar-refractivity contribution in [3.05, 3.63) is 77.6 Å². The number of hydrogen-bond acceptors (Lipinski definition) is 4. The second-order valence-electron chi connectivity index (χ2n) is 7.21. The Balaban J connectivity index is 2.19. The summed E-state index contributed by atoms with van der Waals surface area (Å²) >= 11 is 2.79. The lowest BCUT2D eigenvalue weighted by atomic mass is 9.91. The second kappa shape index (κ2) is 7.74. The molecular weight excluding hydrogens is 381 g/mol. The standard InChI is InChI=1S/C21H20FNO2S2/c1-21(2,3)18(24)12-19-23(13-14-7-4-5-9-16(14)22)20(25)17(27-19)11-15-8-6-10-26-15/h4-12H,13H2,1-3H3. The predicted molar refractivity (Wildman–Crippen MR) is 110 cm³/mol. The topological polar surface area (TPSA) is 39.1 Å². The van der Waals surface area contributed by atoms with Gasteiger partial charge in [0, 0.05) is 21.9 Å². The molecule has 0 radical (unpaired) electrons. The van der Waals surface area contributed by atoms with Gasteiger partial charge >= 0.3 is 0 Å². The maximum Gasteiger partial charge on any atom is 0.269 e. The van der Waals surface area contributed by atoms with Crippen LogP contribution < -0.4 is 14.8 Å². The summed E-state index contributed by atoms with van der Waals surface area (Å²) in [4.78, 5) is 26.4. The monoisotopic (exact) mass is 401 g/mol. The van der Waals surface area contributed by atoms with Crippen molar-refractivity contribution in [2.24, 2.45) is 5.41 Å². The Kier molecular flexibility index (Phi) is 5.58. The van der Waals surface area contributed by atoms with Gasteiger partial charge in [-0.25, -0.2) is 4.39 Å². The van der Waals surface area contributed by atoms with E-state index >= 15 is 0 Å². The molecule has 140 valence electrons. The third kappa shape index (κ3) is 4.51. The summed E-state index contributed by atoms with van der Waals surface area (Å²) in [6.45, 7) is 5.58. The molecule has 0 aliphatic heterocycles. The summed E-state index contributed by atoms with van der Waals surface area (Å²) in [7, 11) is 0. The molecule has 0 saturated carbocycles. The van der Waals surface area contributed by atoms with E-state index in [0.29, 0.717) is 14.8 Å². The Morgan fingerprint density at radius 3 is 2.56 bits per heavy atom. The highest BCUT2D eigenvalue weighted by Crippen LogP contribution is 2.15. The fourth-order valence-electron chi connectivity index (χ4n) is 2.42. The average Bonchev–Trinajstić information content (AvgIpc) is 3.20. The molecule has 2 aromatic heterocycles. The number of rotatable bonds is 4. The Labute approximate surface area is 164 Å². The first-order chi connectivity index (χ1) is 12.8. The van der Waals surface area contributed by atoms with Gasteiger partial charge < -0.3 is 0 Å². The number of carbonyl (C=O) groups is 1. The van der Waals surface area contributed by atoms with Crippen molar-refractivity contribution in [3.63, 3.8) is 0 Å². The normalized spacial score (nSPS) is 13.3. The molecule has 27 heavy (non-hydrogen) atoms. The largest absolute Gasteiger partial charge is 0.294 e. The van der Waals surface area contributed by atoms with E-state index in [9.17, 15) is 14.0 Å². The first kappa shape index (κ1) is 19.5. The zero-order valence-corrected chi connectivity index (χ0v) is 17.0. The maximum atomic E-state index is 14.1. The average molecular weight is 402 g/mol. The third-order valence-corrected chi connectivity index (χ3v) is 5.91. The minimum atomic E-state index is -0.555. The van der Waals surface area contributed by atoms with Crippen LogP contribution in [0.2, 0.25) is 0 Å². The lowest BCUT2D eigenvalue weighted by Gasteiger charge is -2.13. The highest BCUT2D eigenvalue weighted by Gasteiger charge is 2.19. The zero-order valence-electron chi connectivity index (χ0n) is 15.4. The van der Waals surface area contributed by atoms with Gasteiger partial charge in [-0.2, -0.15) is 0 Å². The summed E-state index contributed by atoms with van der Waals surface area (Å²) in [5.74, 6) is -0.443. The van der Waals surface area contributed by atoms with Crippen LogP contribution in [-0.2, 0) is 11.3 Å². The molecule has 6 heteroatoms. The smallest absolute Gasteiger partial charge is 0.269 e. The first-order valence-corrected chi connectivity index (χ1v) is 10.2. The van der Waals surface area contributed by atoms with Crippen LogP contribution in [0.25, 0.3) is 12.2 Å². The van der Waals surface area contributed by atoms with Crippen LogP contribution in [0.3, 0.4) is 0 Å². The van der Waals surface area contributed by atoms with Crippen LogP contribution in [0.1, 0.15) is 31.2 Å². The van der Waals surface area contributed by atoms with Crippen molar-refractivity contribution in [1.82, 2.24) is 4.57 Å². The molecule has 3 rings (SSSR count).